The summed E-state index contributed by atoms with van der Waals surface area (Å²) < 4.78 is 1.15. The number of benzene rings is 1. The highest BCUT2D eigenvalue weighted by molar-refractivity contribution is 9.10. The van der Waals surface area contributed by atoms with Crippen molar-refractivity contribution in [2.24, 2.45) is 0 Å². The van der Waals surface area contributed by atoms with E-state index >= 15 is 0 Å². The van der Waals surface area contributed by atoms with Crippen LogP contribution in [0.1, 0.15) is 0 Å². The highest BCUT2D eigenvalue weighted by Gasteiger charge is 2.22. The molecule has 1 fully saturated rings. The molecule has 0 bridgehead atoms. The van der Waals surface area contributed by atoms with Crippen molar-refractivity contribution in [2.75, 3.05) is 45.2 Å². The number of nitrogens with one attached hydrogen (secondary N) is 1. The van der Waals surface area contributed by atoms with Gasteiger partial charge < -0.3 is 15.1 Å². The fourth-order valence-electron chi connectivity index (χ4n) is 2.34. The average Bonchev–Trinajstić information content (AvgIpc) is 2.29. The van der Waals surface area contributed by atoms with Gasteiger partial charge in [0.2, 0.25) is 0 Å². The minimum absolute atomic E-state index is 0.549. The molecule has 1 N–H and O–H groups in total. The van der Waals surface area contributed by atoms with Crippen LogP contribution in [0.4, 0.5) is 5.69 Å². The highest BCUT2D eigenvalue weighted by atomic mass is 79.9. The lowest BCUT2D eigenvalue weighted by Gasteiger charge is -2.39. The van der Waals surface area contributed by atoms with Crippen molar-refractivity contribution < 1.29 is 0 Å². The van der Waals surface area contributed by atoms with Gasteiger partial charge in [0.25, 0.3) is 0 Å². The van der Waals surface area contributed by atoms with Gasteiger partial charge in [0.05, 0.1) is 6.04 Å². The molecular formula is C13H20BrN3. The molecule has 1 aromatic rings. The van der Waals surface area contributed by atoms with E-state index in [1.807, 2.05) is 0 Å². The van der Waals surface area contributed by atoms with E-state index in [9.17, 15) is 0 Å². The average molecular weight is 298 g/mol. The molecule has 0 radical (unpaired) electrons. The Morgan fingerprint density at radius 1 is 1.47 bits per heavy atom. The van der Waals surface area contributed by atoms with Gasteiger partial charge in [0.1, 0.15) is 0 Å². The second kappa shape index (κ2) is 5.85. The Kier molecular flexibility index (Phi) is 4.42. The van der Waals surface area contributed by atoms with E-state index in [-0.39, 0.29) is 0 Å². The molecule has 1 aliphatic heterocycles. The SMILES string of the molecule is CN(C)CC1CNCCN1c1cccc(Br)c1. The summed E-state index contributed by atoms with van der Waals surface area (Å²) in [4.78, 5) is 4.75. The lowest BCUT2D eigenvalue weighted by Crippen LogP contribution is -2.55. The molecule has 1 heterocycles. The van der Waals surface area contributed by atoms with Crippen molar-refractivity contribution in [3.8, 4) is 0 Å². The fraction of sp³-hybridized carbons (Fsp3) is 0.538. The smallest absolute Gasteiger partial charge is 0.0541 e. The first kappa shape index (κ1) is 12.9. The van der Waals surface area contributed by atoms with E-state index in [2.05, 4.69) is 69.4 Å². The third-order valence-corrected chi connectivity index (χ3v) is 3.56. The highest BCUT2D eigenvalue weighted by Crippen LogP contribution is 2.22. The van der Waals surface area contributed by atoms with Crippen molar-refractivity contribution in [3.05, 3.63) is 28.7 Å². The third-order valence-electron chi connectivity index (χ3n) is 3.07. The number of likely N-dealkylation sites (N-methyl/N-ethyl adjacent to an activating group) is 1. The molecule has 0 spiro atoms. The first-order valence-corrected chi connectivity index (χ1v) is 6.84. The number of rotatable bonds is 3. The minimum atomic E-state index is 0.549. The summed E-state index contributed by atoms with van der Waals surface area (Å²) in [6.45, 7) is 4.29. The predicted octanol–water partition coefficient (Wildman–Crippen LogP) is 1.79. The molecule has 0 amide bonds. The van der Waals surface area contributed by atoms with Crippen LogP contribution in [0.2, 0.25) is 0 Å². The first-order chi connectivity index (χ1) is 8.16. The van der Waals surface area contributed by atoms with Crippen molar-refractivity contribution in [1.82, 2.24) is 10.2 Å². The Labute approximate surface area is 112 Å². The second-order valence-electron chi connectivity index (χ2n) is 4.79. The molecule has 0 aliphatic carbocycles. The normalized spacial score (nSPS) is 20.9. The van der Waals surface area contributed by atoms with Crippen LogP contribution >= 0.6 is 15.9 Å². The summed E-state index contributed by atoms with van der Waals surface area (Å²) in [5.41, 5.74) is 1.31. The van der Waals surface area contributed by atoms with Crippen LogP contribution in [0, 0.1) is 0 Å². The van der Waals surface area contributed by atoms with E-state index in [4.69, 9.17) is 0 Å². The molecule has 17 heavy (non-hydrogen) atoms. The van der Waals surface area contributed by atoms with Crippen molar-refractivity contribution >= 4 is 21.6 Å². The van der Waals surface area contributed by atoms with E-state index in [0.29, 0.717) is 6.04 Å². The van der Waals surface area contributed by atoms with Crippen LogP contribution in [-0.2, 0) is 0 Å². The molecule has 1 aromatic carbocycles. The Morgan fingerprint density at radius 2 is 2.29 bits per heavy atom. The Balaban J connectivity index is 2.15. The molecule has 2 rings (SSSR count). The molecule has 3 nitrogen and oxygen atoms in total. The van der Waals surface area contributed by atoms with Gasteiger partial charge in [-0.3, -0.25) is 0 Å². The van der Waals surface area contributed by atoms with E-state index < -0.39 is 0 Å². The Hall–Kier alpha value is -0.580. The quantitative estimate of drug-likeness (QED) is 0.918. The van der Waals surface area contributed by atoms with Gasteiger partial charge in [-0.1, -0.05) is 22.0 Å². The zero-order chi connectivity index (χ0) is 12.3. The summed E-state index contributed by atoms with van der Waals surface area (Å²) in [7, 11) is 4.27. The topological polar surface area (TPSA) is 18.5 Å². The summed E-state index contributed by atoms with van der Waals surface area (Å²) in [6.07, 6.45) is 0. The maximum absolute atomic E-state index is 3.55. The lowest BCUT2D eigenvalue weighted by molar-refractivity contribution is 0.337. The number of halogens is 1. The van der Waals surface area contributed by atoms with Crippen LogP contribution in [0.3, 0.4) is 0 Å². The summed E-state index contributed by atoms with van der Waals surface area (Å²) >= 11 is 3.55. The zero-order valence-electron chi connectivity index (χ0n) is 10.5. The van der Waals surface area contributed by atoms with Gasteiger partial charge in [-0.25, -0.2) is 0 Å². The van der Waals surface area contributed by atoms with Crippen molar-refractivity contribution in [1.29, 1.82) is 0 Å². The maximum atomic E-state index is 3.55. The third kappa shape index (κ3) is 3.44. The molecule has 1 aliphatic rings. The first-order valence-electron chi connectivity index (χ1n) is 6.04. The number of anilines is 1. The van der Waals surface area contributed by atoms with Crippen LogP contribution in [0.15, 0.2) is 28.7 Å². The standard InChI is InChI=1S/C13H20BrN3/c1-16(2)10-13-9-15-6-7-17(13)12-5-3-4-11(14)8-12/h3-5,8,13,15H,6-7,9-10H2,1-2H3. The van der Waals surface area contributed by atoms with Crippen LogP contribution in [-0.4, -0.2) is 51.2 Å². The van der Waals surface area contributed by atoms with Crippen LogP contribution in [0.5, 0.6) is 0 Å². The predicted molar refractivity (Wildman–Crippen MR) is 76.7 cm³/mol. The Morgan fingerprint density at radius 3 is 3.00 bits per heavy atom. The minimum Gasteiger partial charge on any atom is -0.365 e. The van der Waals surface area contributed by atoms with Gasteiger partial charge >= 0.3 is 0 Å². The van der Waals surface area contributed by atoms with Gasteiger partial charge in [-0.2, -0.15) is 0 Å². The second-order valence-corrected chi connectivity index (χ2v) is 5.71. The van der Waals surface area contributed by atoms with Crippen molar-refractivity contribution in [2.45, 2.75) is 6.04 Å². The fourth-order valence-corrected chi connectivity index (χ4v) is 2.73. The Bertz CT molecular complexity index is 367. The van der Waals surface area contributed by atoms with Gasteiger partial charge in [0, 0.05) is 36.3 Å². The van der Waals surface area contributed by atoms with E-state index in [0.717, 1.165) is 30.7 Å². The number of hydrogen-bond donors (Lipinski definition) is 1. The molecule has 94 valence electrons. The van der Waals surface area contributed by atoms with Gasteiger partial charge in [0.15, 0.2) is 0 Å². The van der Waals surface area contributed by atoms with Gasteiger partial charge in [-0.05, 0) is 32.3 Å². The largest absolute Gasteiger partial charge is 0.365 e. The molecule has 4 heteroatoms. The van der Waals surface area contributed by atoms with Gasteiger partial charge in [-0.15, -0.1) is 0 Å². The van der Waals surface area contributed by atoms with Crippen molar-refractivity contribution in [3.63, 3.8) is 0 Å². The summed E-state index contributed by atoms with van der Waals surface area (Å²) in [5.74, 6) is 0. The molecule has 1 atom stereocenters. The number of piperazine rings is 1. The maximum Gasteiger partial charge on any atom is 0.0541 e. The molecule has 0 aromatic heterocycles. The molecule has 0 saturated carbocycles. The summed E-state index contributed by atoms with van der Waals surface area (Å²) in [6, 6.07) is 9.13. The number of hydrogen-bond acceptors (Lipinski definition) is 3. The zero-order valence-corrected chi connectivity index (χ0v) is 12.1. The van der Waals surface area contributed by atoms with E-state index in [1.54, 1.807) is 0 Å². The molecule has 1 saturated heterocycles. The monoisotopic (exact) mass is 297 g/mol. The van der Waals surface area contributed by atoms with Crippen LogP contribution in [0.25, 0.3) is 0 Å². The summed E-state index contributed by atoms with van der Waals surface area (Å²) in [5, 5.41) is 3.47. The molecular weight excluding hydrogens is 278 g/mol. The van der Waals surface area contributed by atoms with E-state index in [1.165, 1.54) is 5.69 Å². The lowest BCUT2D eigenvalue weighted by atomic mass is 10.1. The van der Waals surface area contributed by atoms with Crippen LogP contribution < -0.4 is 10.2 Å². The molecule has 1 unspecified atom stereocenters. The number of nitrogens with zero attached hydrogens (tertiary/aromatic N) is 2.